The molecule has 0 aliphatic rings. The van der Waals surface area contributed by atoms with E-state index in [-0.39, 0.29) is 10.9 Å². The molecular formula is C22H22N2O3S2. The van der Waals surface area contributed by atoms with Gasteiger partial charge in [-0.15, -0.1) is 4.40 Å². The summed E-state index contributed by atoms with van der Waals surface area (Å²) in [4.78, 5) is 1.06. The second kappa shape index (κ2) is 9.15. The second-order valence-corrected chi connectivity index (χ2v) is 9.67. The highest BCUT2D eigenvalue weighted by Gasteiger charge is 2.16. The molecule has 0 radical (unpaired) electrons. The molecular weight excluding hydrogens is 404 g/mol. The predicted molar refractivity (Wildman–Crippen MR) is 118 cm³/mol. The molecule has 1 unspecified atom stereocenters. The summed E-state index contributed by atoms with van der Waals surface area (Å²) in [6.45, 7) is 3.85. The zero-order valence-corrected chi connectivity index (χ0v) is 18.1. The summed E-state index contributed by atoms with van der Waals surface area (Å²) in [6.07, 6.45) is 1.89. The lowest BCUT2D eigenvalue weighted by Gasteiger charge is -2.08. The van der Waals surface area contributed by atoms with Gasteiger partial charge in [-0.2, -0.15) is 12.8 Å². The van der Waals surface area contributed by atoms with Crippen LogP contribution >= 0.6 is 0 Å². The normalized spacial score (nSPS) is 13.3. The molecule has 5 nitrogen and oxygen atoms in total. The first-order valence-corrected chi connectivity index (χ1v) is 12.0. The van der Waals surface area contributed by atoms with Gasteiger partial charge in [0.15, 0.2) is 0 Å². The molecule has 0 saturated heterocycles. The second-order valence-electron chi connectivity index (χ2n) is 6.46. The van der Waals surface area contributed by atoms with E-state index in [2.05, 4.69) is 8.76 Å². The van der Waals surface area contributed by atoms with Crippen molar-refractivity contribution in [2.45, 2.75) is 23.6 Å². The van der Waals surface area contributed by atoms with Gasteiger partial charge in [-0.25, -0.2) is 0 Å². The van der Waals surface area contributed by atoms with Crippen LogP contribution in [-0.4, -0.2) is 20.7 Å². The van der Waals surface area contributed by atoms with E-state index in [0.717, 1.165) is 16.0 Å². The molecule has 1 atom stereocenters. The SMILES string of the molecule is Cc1ccc(OC(=N\S(=O)(=O)c2ccc(C)cc2)/N=S(/C)c2ccccc2)cc1. The Balaban J connectivity index is 2.02. The molecule has 0 N–H and O–H groups in total. The molecule has 3 rings (SSSR count). The summed E-state index contributed by atoms with van der Waals surface area (Å²) >= 11 is 0. The van der Waals surface area contributed by atoms with E-state index in [1.54, 1.807) is 24.3 Å². The molecule has 3 aromatic carbocycles. The maximum absolute atomic E-state index is 12.8. The highest BCUT2D eigenvalue weighted by molar-refractivity contribution is 7.90. The topological polar surface area (TPSA) is 68.1 Å². The number of hydrogen-bond acceptors (Lipinski definition) is 3. The third-order valence-corrected chi connectivity index (χ3v) is 6.70. The van der Waals surface area contributed by atoms with Gasteiger partial charge in [0.1, 0.15) is 5.75 Å². The number of aryl methyl sites for hydroxylation is 2. The van der Waals surface area contributed by atoms with Gasteiger partial charge in [-0.1, -0.05) is 64.3 Å². The van der Waals surface area contributed by atoms with Crippen LogP contribution in [0.25, 0.3) is 0 Å². The van der Waals surface area contributed by atoms with Crippen LogP contribution in [0.5, 0.6) is 5.75 Å². The molecule has 150 valence electrons. The van der Waals surface area contributed by atoms with E-state index in [1.807, 2.05) is 62.6 Å². The molecule has 0 aliphatic carbocycles. The molecule has 0 fully saturated rings. The van der Waals surface area contributed by atoms with Crippen LogP contribution in [-0.2, 0) is 20.7 Å². The van der Waals surface area contributed by atoms with E-state index in [0.29, 0.717) is 5.75 Å². The van der Waals surface area contributed by atoms with Gasteiger partial charge < -0.3 is 4.74 Å². The third-order valence-electron chi connectivity index (χ3n) is 4.05. The van der Waals surface area contributed by atoms with Crippen LogP contribution in [0.2, 0.25) is 0 Å². The van der Waals surface area contributed by atoms with Crippen LogP contribution in [0, 0.1) is 13.8 Å². The van der Waals surface area contributed by atoms with Gasteiger partial charge in [-0.3, -0.25) is 0 Å². The van der Waals surface area contributed by atoms with E-state index in [9.17, 15) is 8.42 Å². The van der Waals surface area contributed by atoms with Crippen LogP contribution in [0.4, 0.5) is 0 Å². The predicted octanol–water partition coefficient (Wildman–Crippen LogP) is 4.92. The van der Waals surface area contributed by atoms with Crippen molar-refractivity contribution < 1.29 is 13.2 Å². The van der Waals surface area contributed by atoms with Crippen molar-refractivity contribution in [2.24, 2.45) is 8.76 Å². The first-order valence-electron chi connectivity index (χ1n) is 8.92. The minimum atomic E-state index is -3.96. The van der Waals surface area contributed by atoms with Crippen molar-refractivity contribution in [1.29, 1.82) is 0 Å². The Kier molecular flexibility index (Phi) is 6.61. The van der Waals surface area contributed by atoms with Crippen molar-refractivity contribution in [1.82, 2.24) is 0 Å². The summed E-state index contributed by atoms with van der Waals surface area (Å²) in [5.41, 5.74) is 2.03. The molecule has 29 heavy (non-hydrogen) atoms. The Hall–Kier alpha value is -2.77. The first-order chi connectivity index (χ1) is 13.8. The number of nitrogens with zero attached hydrogens (tertiary/aromatic N) is 2. The Morgan fingerprint density at radius 1 is 0.828 bits per heavy atom. The molecule has 7 heteroatoms. The standard InChI is InChI=1S/C22H22N2O3S2/c1-17-9-13-19(14-10-17)27-22(23-28(3)20-7-5-4-6-8-20)24-29(25,26)21-15-11-18(2)12-16-21/h4-16H,1-3H3/b24-22-. The molecule has 0 amide bonds. The van der Waals surface area contributed by atoms with E-state index < -0.39 is 20.7 Å². The fourth-order valence-corrected chi connectivity index (χ4v) is 4.31. The average Bonchev–Trinajstić information content (AvgIpc) is 2.70. The quantitative estimate of drug-likeness (QED) is 0.439. The van der Waals surface area contributed by atoms with Crippen molar-refractivity contribution in [3.8, 4) is 5.75 Å². The van der Waals surface area contributed by atoms with Crippen molar-refractivity contribution in [3.63, 3.8) is 0 Å². The Morgan fingerprint density at radius 2 is 1.38 bits per heavy atom. The van der Waals surface area contributed by atoms with Gasteiger partial charge in [0.2, 0.25) is 0 Å². The first kappa shape index (κ1) is 21.0. The van der Waals surface area contributed by atoms with E-state index in [4.69, 9.17) is 4.74 Å². The molecule has 0 saturated carbocycles. The van der Waals surface area contributed by atoms with Crippen LogP contribution in [0.1, 0.15) is 11.1 Å². The Morgan fingerprint density at radius 3 is 1.97 bits per heavy atom. The van der Waals surface area contributed by atoms with Crippen LogP contribution in [0.3, 0.4) is 0 Å². The van der Waals surface area contributed by atoms with Gasteiger partial charge in [0.25, 0.3) is 10.0 Å². The lowest BCUT2D eigenvalue weighted by atomic mass is 10.2. The van der Waals surface area contributed by atoms with Gasteiger partial charge in [0, 0.05) is 4.90 Å². The highest BCUT2D eigenvalue weighted by Crippen LogP contribution is 2.17. The maximum Gasteiger partial charge on any atom is 0.339 e. The smallest absolute Gasteiger partial charge is 0.339 e. The zero-order chi connectivity index (χ0) is 20.9. The summed E-state index contributed by atoms with van der Waals surface area (Å²) < 4.78 is 39.7. The summed E-state index contributed by atoms with van der Waals surface area (Å²) in [6, 6.07) is 23.2. The monoisotopic (exact) mass is 426 g/mol. The number of sulfonamides is 1. The number of rotatable bonds is 4. The fraction of sp³-hybridized carbons (Fsp3) is 0.136. The van der Waals surface area contributed by atoms with Crippen LogP contribution < -0.4 is 4.74 Å². The molecule has 0 bridgehead atoms. The maximum atomic E-state index is 12.8. The Labute approximate surface area is 174 Å². The lowest BCUT2D eigenvalue weighted by Crippen LogP contribution is -2.11. The third kappa shape index (κ3) is 5.85. The summed E-state index contributed by atoms with van der Waals surface area (Å²) in [5.74, 6) is 0.474. The molecule has 0 spiro atoms. The molecule has 3 aromatic rings. The van der Waals surface area contributed by atoms with Gasteiger partial charge >= 0.3 is 6.02 Å². The number of hydrogen-bond donors (Lipinski definition) is 0. The zero-order valence-electron chi connectivity index (χ0n) is 16.4. The molecule has 0 aromatic heterocycles. The minimum Gasteiger partial charge on any atom is -0.423 e. The average molecular weight is 427 g/mol. The fourth-order valence-electron chi connectivity index (χ4n) is 2.42. The molecule has 0 heterocycles. The van der Waals surface area contributed by atoms with E-state index >= 15 is 0 Å². The lowest BCUT2D eigenvalue weighted by molar-refractivity contribution is 0.542. The number of ether oxygens (including phenoxy) is 1. The number of amidine groups is 1. The van der Waals surface area contributed by atoms with Crippen molar-refractivity contribution in [3.05, 3.63) is 90.0 Å². The van der Waals surface area contributed by atoms with Crippen molar-refractivity contribution in [2.75, 3.05) is 6.26 Å². The van der Waals surface area contributed by atoms with Crippen molar-refractivity contribution >= 4 is 26.7 Å². The highest BCUT2D eigenvalue weighted by atomic mass is 32.2. The minimum absolute atomic E-state index is 0.0963. The summed E-state index contributed by atoms with van der Waals surface area (Å²) in [7, 11) is -4.59. The van der Waals surface area contributed by atoms with Crippen LogP contribution in [0.15, 0.2) is 97.4 Å². The number of benzene rings is 3. The Bertz CT molecular complexity index is 1140. The molecule has 0 aliphatic heterocycles. The van der Waals surface area contributed by atoms with Gasteiger partial charge in [-0.05, 0) is 56.5 Å². The largest absolute Gasteiger partial charge is 0.423 e. The summed E-state index contributed by atoms with van der Waals surface area (Å²) in [5, 5.41) is 0. The van der Waals surface area contributed by atoms with Gasteiger partial charge in [0.05, 0.1) is 4.90 Å². The van der Waals surface area contributed by atoms with E-state index in [1.165, 1.54) is 12.1 Å².